The number of hydrogen-bond donors (Lipinski definition) is 0. The van der Waals surface area contributed by atoms with E-state index in [4.69, 9.17) is 0 Å². The van der Waals surface area contributed by atoms with E-state index in [1.54, 1.807) is 0 Å². The third-order valence-corrected chi connectivity index (χ3v) is 19.1. The SMILES string of the molecule is N#Cc1ccc(-c2c(-n3c4ccccc4c4ccc5ccccc5c43)c(-c3ccc(C#N)cc3)c(-n3c4ccccc4c4ccc5ccccc5c43)c(-n3c4ccccc4c4ccc5ccccc5c43)c2-n2c3ccccc3c3ccc4ccccc4c32)cc1. The van der Waals surface area contributed by atoms with Crippen molar-refractivity contribution in [2.45, 2.75) is 0 Å². The second-order valence-electron chi connectivity index (χ2n) is 23.7. The molecule has 19 aromatic rings. The number of benzene rings is 15. The van der Waals surface area contributed by atoms with Crippen molar-refractivity contribution in [3.05, 3.63) is 302 Å². The molecule has 0 fully saturated rings. The second-order valence-corrected chi connectivity index (χ2v) is 23.7. The zero-order chi connectivity index (χ0) is 59.3. The van der Waals surface area contributed by atoms with Crippen molar-refractivity contribution >= 4 is 130 Å². The minimum absolute atomic E-state index is 0.558. The van der Waals surface area contributed by atoms with Gasteiger partial charge in [-0.25, -0.2) is 0 Å². The lowest BCUT2D eigenvalue weighted by Crippen LogP contribution is -2.16. The van der Waals surface area contributed by atoms with E-state index >= 15 is 0 Å². The Morgan fingerprint density at radius 1 is 0.200 bits per heavy atom. The first-order valence-corrected chi connectivity index (χ1v) is 30.5. The molecule has 19 rings (SSSR count). The molecule has 0 aliphatic carbocycles. The van der Waals surface area contributed by atoms with Crippen LogP contribution in [0.2, 0.25) is 0 Å². The van der Waals surface area contributed by atoms with Gasteiger partial charge in [0.25, 0.3) is 0 Å². The van der Waals surface area contributed by atoms with Crippen LogP contribution in [-0.2, 0) is 0 Å². The van der Waals surface area contributed by atoms with E-state index in [-0.39, 0.29) is 0 Å². The van der Waals surface area contributed by atoms with E-state index in [9.17, 15) is 10.5 Å². The van der Waals surface area contributed by atoms with Crippen molar-refractivity contribution in [3.8, 4) is 57.1 Å². The normalized spacial score (nSPS) is 12.0. The van der Waals surface area contributed by atoms with Crippen molar-refractivity contribution < 1.29 is 0 Å². The maximum absolute atomic E-state index is 10.8. The smallest absolute Gasteiger partial charge is 0.0991 e. The first-order valence-electron chi connectivity index (χ1n) is 30.5. The van der Waals surface area contributed by atoms with Crippen LogP contribution < -0.4 is 0 Å². The Bertz CT molecular complexity index is 6180. The van der Waals surface area contributed by atoms with Gasteiger partial charge >= 0.3 is 0 Å². The highest BCUT2D eigenvalue weighted by Gasteiger charge is 2.36. The predicted octanol–water partition coefficient (Wildman–Crippen LogP) is 21.8. The fraction of sp³-hybridized carbons (Fsp3) is 0. The second kappa shape index (κ2) is 19.0. The third kappa shape index (κ3) is 6.85. The molecule has 0 aliphatic heterocycles. The molecule has 6 nitrogen and oxygen atoms in total. The van der Waals surface area contributed by atoms with Gasteiger partial charge in [-0.05, 0) is 81.2 Å². The molecule has 0 saturated carbocycles. The molecule has 15 aromatic carbocycles. The van der Waals surface area contributed by atoms with Gasteiger partial charge in [0, 0.05) is 75.8 Å². The fourth-order valence-electron chi connectivity index (χ4n) is 15.4. The van der Waals surface area contributed by atoms with Gasteiger partial charge in [-0.15, -0.1) is 0 Å². The Hall–Kier alpha value is -12.5. The first kappa shape index (κ1) is 49.7. The maximum Gasteiger partial charge on any atom is 0.0991 e. The number of rotatable bonds is 6. The molecule has 4 aromatic heterocycles. The minimum atomic E-state index is 0.558. The summed E-state index contributed by atoms with van der Waals surface area (Å²) in [7, 11) is 0. The molecule has 90 heavy (non-hydrogen) atoms. The van der Waals surface area contributed by atoms with Crippen LogP contribution >= 0.6 is 0 Å². The summed E-state index contributed by atoms with van der Waals surface area (Å²) in [5.74, 6) is 0. The highest BCUT2D eigenvalue weighted by atomic mass is 15.1. The lowest BCUT2D eigenvalue weighted by Gasteiger charge is -2.32. The first-order chi connectivity index (χ1) is 44.6. The lowest BCUT2D eigenvalue weighted by molar-refractivity contribution is 1.04. The molecule has 0 spiro atoms. The van der Waals surface area contributed by atoms with E-state index in [2.05, 4.69) is 297 Å². The summed E-state index contributed by atoms with van der Waals surface area (Å²) in [6.07, 6.45) is 0. The van der Waals surface area contributed by atoms with E-state index < -0.39 is 0 Å². The largest absolute Gasteiger partial charge is 0.307 e. The van der Waals surface area contributed by atoms with Crippen molar-refractivity contribution in [2.24, 2.45) is 0 Å². The highest BCUT2D eigenvalue weighted by molar-refractivity contribution is 6.26. The number of aromatic nitrogens is 4. The fourth-order valence-corrected chi connectivity index (χ4v) is 15.4. The van der Waals surface area contributed by atoms with Gasteiger partial charge in [0.05, 0.1) is 90.1 Å². The Kier molecular flexibility index (Phi) is 10.5. The zero-order valence-electron chi connectivity index (χ0n) is 48.4. The van der Waals surface area contributed by atoms with Crippen LogP contribution in [0.15, 0.2) is 291 Å². The Labute approximate surface area is 515 Å². The topological polar surface area (TPSA) is 67.3 Å². The van der Waals surface area contributed by atoms with Gasteiger partial charge in [-0.3, -0.25) is 0 Å². The van der Waals surface area contributed by atoms with E-state index in [1.165, 1.54) is 0 Å². The Morgan fingerprint density at radius 3 is 0.733 bits per heavy atom. The van der Waals surface area contributed by atoms with Gasteiger partial charge in [0.2, 0.25) is 0 Å². The van der Waals surface area contributed by atoms with E-state index in [0.29, 0.717) is 11.1 Å². The van der Waals surface area contributed by atoms with Crippen LogP contribution in [0.25, 0.3) is 175 Å². The van der Waals surface area contributed by atoms with Gasteiger partial charge in [-0.1, -0.05) is 243 Å². The summed E-state index contributed by atoms with van der Waals surface area (Å²) >= 11 is 0. The third-order valence-electron chi connectivity index (χ3n) is 19.1. The number of nitrogens with zero attached hydrogens (tertiary/aromatic N) is 6. The van der Waals surface area contributed by atoms with Gasteiger partial charge in [-0.2, -0.15) is 10.5 Å². The quantitative estimate of drug-likeness (QED) is 0.166. The molecule has 0 bridgehead atoms. The summed E-state index contributed by atoms with van der Waals surface area (Å²) in [6.45, 7) is 0. The van der Waals surface area contributed by atoms with Gasteiger partial charge in [0.1, 0.15) is 0 Å². The summed E-state index contributed by atoms with van der Waals surface area (Å²) in [5, 5.41) is 39.4. The molecule has 0 amide bonds. The number of fused-ring (bicyclic) bond motifs is 20. The van der Waals surface area contributed by atoms with Crippen LogP contribution in [0.3, 0.4) is 0 Å². The van der Waals surface area contributed by atoms with Gasteiger partial charge < -0.3 is 18.3 Å². The van der Waals surface area contributed by atoms with E-state index in [1.807, 2.05) is 24.3 Å². The van der Waals surface area contributed by atoms with Crippen molar-refractivity contribution in [1.82, 2.24) is 18.3 Å². The van der Waals surface area contributed by atoms with Crippen LogP contribution in [0.4, 0.5) is 0 Å². The van der Waals surface area contributed by atoms with Gasteiger partial charge in [0.15, 0.2) is 0 Å². The monoisotopic (exact) mass is 1140 g/mol. The number of hydrogen-bond acceptors (Lipinski definition) is 2. The number of nitriles is 2. The molecular formula is C84H48N6. The zero-order valence-corrected chi connectivity index (χ0v) is 48.4. The molecule has 4 heterocycles. The molecule has 0 atom stereocenters. The van der Waals surface area contributed by atoms with Crippen LogP contribution in [-0.4, -0.2) is 18.3 Å². The Balaban J connectivity index is 1.23. The molecular weight excluding hydrogens is 1090 g/mol. The molecule has 0 unspecified atom stereocenters. The van der Waals surface area contributed by atoms with Crippen molar-refractivity contribution in [2.75, 3.05) is 0 Å². The molecule has 0 saturated heterocycles. The molecule has 0 radical (unpaired) electrons. The lowest BCUT2D eigenvalue weighted by atomic mass is 9.89. The average molecular weight is 1140 g/mol. The summed E-state index contributed by atoms with van der Waals surface area (Å²) in [6, 6.07) is 111. The summed E-state index contributed by atoms with van der Waals surface area (Å²) < 4.78 is 10.4. The average Bonchev–Trinajstić information content (AvgIpc) is 1.53. The molecule has 414 valence electrons. The van der Waals surface area contributed by atoms with E-state index in [0.717, 1.165) is 175 Å². The standard InChI is InChI=1S/C84H48N6/c85-49-51-33-37-57(38-34-51)75-81(87-71-29-13-9-25-63(71)67-45-41-53-17-1-5-21-59(53)77(67)87)76(58-39-35-52(50-86)36-40-58)83(89-73-31-15-11-27-65(73)69-47-43-55-19-3-7-23-61(55)79(69)89)84(90-74-32-16-12-28-66(74)70-48-44-56-20-4-8-24-62(56)80(70)90)82(75)88-72-30-14-10-26-64(72)68-46-42-54-18-2-6-22-60(54)78(68)88/h1-48H. The maximum atomic E-state index is 10.8. The number of para-hydroxylation sites is 4. The van der Waals surface area contributed by atoms with Crippen LogP contribution in [0.1, 0.15) is 11.1 Å². The summed E-state index contributed by atoms with van der Waals surface area (Å²) in [4.78, 5) is 0. The van der Waals surface area contributed by atoms with Crippen LogP contribution in [0, 0.1) is 22.7 Å². The Morgan fingerprint density at radius 2 is 0.444 bits per heavy atom. The van der Waals surface area contributed by atoms with Crippen molar-refractivity contribution in [1.29, 1.82) is 10.5 Å². The minimum Gasteiger partial charge on any atom is -0.307 e. The van der Waals surface area contributed by atoms with Crippen molar-refractivity contribution in [3.63, 3.8) is 0 Å². The predicted molar refractivity (Wildman–Crippen MR) is 374 cm³/mol. The summed E-state index contributed by atoms with van der Waals surface area (Å²) in [5.41, 5.74) is 17.0. The molecule has 0 N–H and O–H groups in total. The van der Waals surface area contributed by atoms with Crippen LogP contribution in [0.5, 0.6) is 0 Å². The highest BCUT2D eigenvalue weighted by Crippen LogP contribution is 2.56. The molecule has 6 heteroatoms. The molecule has 0 aliphatic rings.